The third-order valence-corrected chi connectivity index (χ3v) is 5.30. The summed E-state index contributed by atoms with van der Waals surface area (Å²) < 4.78 is 5.45. The Balaban J connectivity index is 2.07. The molecule has 0 aromatic rings. The highest BCUT2D eigenvalue weighted by Gasteiger charge is 2.61. The van der Waals surface area contributed by atoms with Gasteiger partial charge in [0, 0.05) is 22.8 Å². The first-order valence-electron chi connectivity index (χ1n) is 6.77. The van der Waals surface area contributed by atoms with Gasteiger partial charge in [0.25, 0.3) is 0 Å². The Morgan fingerprint density at radius 1 is 1.47 bits per heavy atom. The van der Waals surface area contributed by atoms with Gasteiger partial charge in [-0.2, -0.15) is 0 Å². The molecule has 2 fully saturated rings. The highest BCUT2D eigenvalue weighted by atomic mass is 16.6. The number of carbonyl (C=O) groups is 1. The second-order valence-corrected chi connectivity index (χ2v) is 6.55. The summed E-state index contributed by atoms with van der Waals surface area (Å²) in [5, 5.41) is 20.9. The van der Waals surface area contributed by atoms with Gasteiger partial charge in [0.2, 0.25) is 0 Å². The van der Waals surface area contributed by atoms with Crippen LogP contribution in [0.3, 0.4) is 0 Å². The largest absolute Gasteiger partial charge is 0.458 e. The first kappa shape index (κ1) is 12.9. The maximum atomic E-state index is 11.7. The number of carbonyl (C=O) groups excluding carboxylic acids is 1. The zero-order chi connectivity index (χ0) is 14.0. The molecule has 19 heavy (non-hydrogen) atoms. The number of esters is 1. The first-order valence-corrected chi connectivity index (χ1v) is 6.77. The standard InChI is InChI=1S/C15H20O4/c1-8-9-4-6-14(2)10(16)5-7-15(3,18)12(14)11(9)19-13(8)17/h5,7,9-12,16,18H,1,4,6H2,2-3H3/t9-,10+,11+,12-,14+,15-/m1/s1. The number of aliphatic hydroxyl groups is 2. The molecule has 4 heteroatoms. The number of ether oxygens (including phenoxy) is 1. The molecule has 1 aliphatic heterocycles. The van der Waals surface area contributed by atoms with Crippen LogP contribution in [0.25, 0.3) is 0 Å². The SMILES string of the molecule is C=C1C(=O)O[C@H]2[C@@H]1CC[C@]1(C)[C@@H]2[C@](C)(O)C=C[C@@H]1O. The van der Waals surface area contributed by atoms with Crippen molar-refractivity contribution in [3.8, 4) is 0 Å². The Morgan fingerprint density at radius 2 is 2.16 bits per heavy atom. The van der Waals surface area contributed by atoms with Gasteiger partial charge in [-0.3, -0.25) is 0 Å². The van der Waals surface area contributed by atoms with E-state index in [1.165, 1.54) is 0 Å². The summed E-state index contributed by atoms with van der Waals surface area (Å²) in [7, 11) is 0. The molecule has 104 valence electrons. The lowest BCUT2D eigenvalue weighted by Gasteiger charge is -2.54. The molecule has 0 unspecified atom stereocenters. The fraction of sp³-hybridized carbons (Fsp3) is 0.667. The number of hydrogen-bond acceptors (Lipinski definition) is 4. The van der Waals surface area contributed by atoms with Gasteiger partial charge in [-0.05, 0) is 19.8 Å². The van der Waals surface area contributed by atoms with Crippen LogP contribution in [0.15, 0.2) is 24.3 Å². The Labute approximate surface area is 112 Å². The summed E-state index contributed by atoms with van der Waals surface area (Å²) >= 11 is 0. The molecule has 1 saturated carbocycles. The highest BCUT2D eigenvalue weighted by Crippen LogP contribution is 2.57. The summed E-state index contributed by atoms with van der Waals surface area (Å²) in [6.45, 7) is 7.49. The molecule has 0 spiro atoms. The van der Waals surface area contributed by atoms with Crippen LogP contribution in [0.5, 0.6) is 0 Å². The zero-order valence-electron chi connectivity index (χ0n) is 11.3. The van der Waals surface area contributed by atoms with Crippen molar-refractivity contribution in [2.45, 2.75) is 44.5 Å². The molecule has 6 atom stereocenters. The zero-order valence-corrected chi connectivity index (χ0v) is 11.3. The molecule has 1 saturated heterocycles. The van der Waals surface area contributed by atoms with Crippen molar-refractivity contribution >= 4 is 5.97 Å². The van der Waals surface area contributed by atoms with Gasteiger partial charge in [0.1, 0.15) is 6.10 Å². The third-order valence-electron chi connectivity index (χ3n) is 5.30. The normalized spacial score (nSPS) is 52.6. The molecule has 0 radical (unpaired) electrons. The van der Waals surface area contributed by atoms with Crippen LogP contribution in [0.4, 0.5) is 0 Å². The van der Waals surface area contributed by atoms with E-state index in [1.807, 2.05) is 6.92 Å². The molecule has 2 N–H and O–H groups in total. The molecule has 3 rings (SSSR count). The number of hydrogen-bond donors (Lipinski definition) is 2. The van der Waals surface area contributed by atoms with Gasteiger partial charge < -0.3 is 14.9 Å². The van der Waals surface area contributed by atoms with Crippen LogP contribution in [-0.2, 0) is 9.53 Å². The molecule has 3 aliphatic rings. The Kier molecular flexibility index (Phi) is 2.51. The Bertz CT molecular complexity index is 479. The molecule has 4 nitrogen and oxygen atoms in total. The first-order chi connectivity index (χ1) is 8.77. The molecule has 0 aromatic heterocycles. The van der Waals surface area contributed by atoms with Crippen molar-refractivity contribution in [2.24, 2.45) is 17.3 Å². The van der Waals surface area contributed by atoms with E-state index in [0.29, 0.717) is 5.57 Å². The minimum atomic E-state index is -1.08. The topological polar surface area (TPSA) is 66.8 Å². The van der Waals surface area contributed by atoms with Crippen molar-refractivity contribution < 1.29 is 19.7 Å². The van der Waals surface area contributed by atoms with E-state index in [1.54, 1.807) is 19.1 Å². The quantitative estimate of drug-likeness (QED) is 0.392. The summed E-state index contributed by atoms with van der Waals surface area (Å²) in [6, 6.07) is 0. The molecular formula is C15H20O4. The van der Waals surface area contributed by atoms with Gasteiger partial charge >= 0.3 is 5.97 Å². The summed E-state index contributed by atoms with van der Waals surface area (Å²) in [4.78, 5) is 11.7. The van der Waals surface area contributed by atoms with Crippen molar-refractivity contribution in [3.63, 3.8) is 0 Å². The lowest BCUT2D eigenvalue weighted by Crippen LogP contribution is -2.60. The lowest BCUT2D eigenvalue weighted by molar-refractivity contribution is -0.175. The summed E-state index contributed by atoms with van der Waals surface area (Å²) in [5.74, 6) is -0.697. The van der Waals surface area contributed by atoms with Crippen LogP contribution in [0.1, 0.15) is 26.7 Å². The fourth-order valence-corrected chi connectivity index (χ4v) is 4.21. The van der Waals surface area contributed by atoms with Crippen molar-refractivity contribution in [1.29, 1.82) is 0 Å². The van der Waals surface area contributed by atoms with Crippen LogP contribution in [-0.4, -0.2) is 34.0 Å². The predicted molar refractivity (Wildman–Crippen MR) is 69.1 cm³/mol. The van der Waals surface area contributed by atoms with E-state index < -0.39 is 17.1 Å². The lowest BCUT2D eigenvalue weighted by atomic mass is 9.53. The molecule has 0 aromatic carbocycles. The van der Waals surface area contributed by atoms with Crippen LogP contribution in [0.2, 0.25) is 0 Å². The molecule has 1 heterocycles. The van der Waals surface area contributed by atoms with Gasteiger partial charge in [-0.25, -0.2) is 4.79 Å². The van der Waals surface area contributed by atoms with Gasteiger partial charge in [-0.15, -0.1) is 0 Å². The third kappa shape index (κ3) is 1.56. The highest BCUT2D eigenvalue weighted by molar-refractivity contribution is 5.91. The fourth-order valence-electron chi connectivity index (χ4n) is 4.21. The Hall–Kier alpha value is -1.13. The van der Waals surface area contributed by atoms with Gasteiger partial charge in [-0.1, -0.05) is 25.7 Å². The van der Waals surface area contributed by atoms with Crippen molar-refractivity contribution in [3.05, 3.63) is 24.3 Å². The minimum Gasteiger partial charge on any atom is -0.458 e. The van der Waals surface area contributed by atoms with Crippen LogP contribution < -0.4 is 0 Å². The van der Waals surface area contributed by atoms with Gasteiger partial charge in [0.15, 0.2) is 0 Å². The predicted octanol–water partition coefficient (Wildman–Crippen LogP) is 1.18. The van der Waals surface area contributed by atoms with Crippen LogP contribution >= 0.6 is 0 Å². The monoisotopic (exact) mass is 264 g/mol. The Morgan fingerprint density at radius 3 is 2.84 bits per heavy atom. The van der Waals surface area contributed by atoms with E-state index >= 15 is 0 Å². The van der Waals surface area contributed by atoms with Crippen molar-refractivity contribution in [2.75, 3.05) is 0 Å². The second-order valence-electron chi connectivity index (χ2n) is 6.55. The van der Waals surface area contributed by atoms with Crippen LogP contribution in [0, 0.1) is 17.3 Å². The average Bonchev–Trinajstić information content (AvgIpc) is 2.60. The maximum Gasteiger partial charge on any atom is 0.334 e. The number of aliphatic hydroxyl groups excluding tert-OH is 1. The van der Waals surface area contributed by atoms with E-state index in [-0.39, 0.29) is 23.9 Å². The minimum absolute atomic E-state index is 0.0317. The van der Waals surface area contributed by atoms with E-state index in [0.717, 1.165) is 12.8 Å². The second kappa shape index (κ2) is 3.70. The number of fused-ring (bicyclic) bond motifs is 3. The van der Waals surface area contributed by atoms with E-state index in [2.05, 4.69) is 6.58 Å². The maximum absolute atomic E-state index is 11.7. The molecule has 0 amide bonds. The van der Waals surface area contributed by atoms with E-state index in [4.69, 9.17) is 4.74 Å². The summed E-state index contributed by atoms with van der Waals surface area (Å²) in [5.41, 5.74) is -1.04. The van der Waals surface area contributed by atoms with Gasteiger partial charge in [0.05, 0.1) is 11.7 Å². The average molecular weight is 264 g/mol. The molecular weight excluding hydrogens is 244 g/mol. The smallest absolute Gasteiger partial charge is 0.334 e. The number of rotatable bonds is 0. The van der Waals surface area contributed by atoms with E-state index in [9.17, 15) is 15.0 Å². The molecule has 0 bridgehead atoms. The molecule has 2 aliphatic carbocycles. The van der Waals surface area contributed by atoms with Crippen molar-refractivity contribution in [1.82, 2.24) is 0 Å². The summed E-state index contributed by atoms with van der Waals surface area (Å²) in [6.07, 6.45) is 3.79.